The van der Waals surface area contributed by atoms with Gasteiger partial charge < -0.3 is 14.4 Å². The molecule has 0 saturated carbocycles. The van der Waals surface area contributed by atoms with Crippen LogP contribution in [0.25, 0.3) is 0 Å². The fourth-order valence-electron chi connectivity index (χ4n) is 4.55. The molecule has 0 radical (unpaired) electrons. The molecule has 0 unspecified atom stereocenters. The van der Waals surface area contributed by atoms with Crippen molar-refractivity contribution in [2.24, 2.45) is 5.92 Å². The van der Waals surface area contributed by atoms with Gasteiger partial charge >= 0.3 is 6.18 Å². The molecule has 3 aliphatic heterocycles. The highest BCUT2D eigenvalue weighted by Crippen LogP contribution is 2.43. The topological polar surface area (TPSA) is 42.0 Å². The molecular formula is C20H25F3N2O3. The van der Waals surface area contributed by atoms with Crippen LogP contribution in [-0.4, -0.2) is 59.9 Å². The van der Waals surface area contributed by atoms with Crippen molar-refractivity contribution in [3.8, 4) is 0 Å². The van der Waals surface area contributed by atoms with E-state index in [1.54, 1.807) is 0 Å². The first kappa shape index (κ1) is 19.7. The molecular weight excluding hydrogens is 373 g/mol. The van der Waals surface area contributed by atoms with Gasteiger partial charge in [0.15, 0.2) is 5.72 Å². The number of likely N-dealkylation sites (tertiary alicyclic amines) is 1. The first-order valence-corrected chi connectivity index (χ1v) is 9.67. The van der Waals surface area contributed by atoms with E-state index in [0.29, 0.717) is 38.6 Å². The Bertz CT molecular complexity index is 737. The number of ether oxygens (including phenoxy) is 2. The molecule has 5 nitrogen and oxygen atoms in total. The van der Waals surface area contributed by atoms with Gasteiger partial charge in [0.1, 0.15) is 12.7 Å². The summed E-state index contributed by atoms with van der Waals surface area (Å²) >= 11 is 0. The van der Waals surface area contributed by atoms with Gasteiger partial charge in [-0.1, -0.05) is 26.0 Å². The Morgan fingerprint density at radius 1 is 1.25 bits per heavy atom. The molecule has 28 heavy (non-hydrogen) atoms. The smallest absolute Gasteiger partial charge is 0.362 e. The second-order valence-electron chi connectivity index (χ2n) is 8.21. The summed E-state index contributed by atoms with van der Waals surface area (Å²) in [6.07, 6.45) is -3.95. The monoisotopic (exact) mass is 398 g/mol. The molecule has 1 aromatic carbocycles. The van der Waals surface area contributed by atoms with Gasteiger partial charge in [-0.15, -0.1) is 0 Å². The Labute approximate surface area is 162 Å². The van der Waals surface area contributed by atoms with Crippen LogP contribution in [0.5, 0.6) is 0 Å². The van der Waals surface area contributed by atoms with E-state index in [0.717, 1.165) is 17.7 Å². The van der Waals surface area contributed by atoms with Crippen LogP contribution in [0.4, 0.5) is 13.2 Å². The van der Waals surface area contributed by atoms with Crippen molar-refractivity contribution in [2.75, 3.05) is 26.3 Å². The summed E-state index contributed by atoms with van der Waals surface area (Å²) < 4.78 is 50.2. The summed E-state index contributed by atoms with van der Waals surface area (Å²) in [5, 5.41) is 0. The van der Waals surface area contributed by atoms with Crippen LogP contribution in [0.2, 0.25) is 0 Å². The fourth-order valence-corrected chi connectivity index (χ4v) is 4.55. The number of nitrogens with zero attached hydrogens (tertiary/aromatic N) is 2. The maximum atomic E-state index is 12.7. The zero-order chi connectivity index (χ0) is 20.1. The van der Waals surface area contributed by atoms with Gasteiger partial charge in [-0.25, -0.2) is 0 Å². The predicted octanol–water partition coefficient (Wildman–Crippen LogP) is 2.89. The molecule has 3 atom stereocenters. The van der Waals surface area contributed by atoms with Crippen molar-refractivity contribution >= 4 is 5.91 Å². The number of halogens is 3. The van der Waals surface area contributed by atoms with E-state index in [-0.39, 0.29) is 24.7 Å². The standard InChI is InChI=1S/C20H25F3N2O3/c1-13(2)16-11-28-19-7-8-24(10-17(19)27-12-18(26)25(16)19)9-14-3-5-15(6-4-14)20(21,22)23/h3-6,13,16-17H,7-12H2,1-2H3/t16-,17-,19-/m1/s1. The number of hydrogen-bond donors (Lipinski definition) is 0. The van der Waals surface area contributed by atoms with Crippen LogP contribution in [-0.2, 0) is 27.0 Å². The minimum absolute atomic E-state index is 0.0244. The van der Waals surface area contributed by atoms with Gasteiger partial charge in [-0.3, -0.25) is 9.69 Å². The molecule has 0 N–H and O–H groups in total. The molecule has 3 heterocycles. The predicted molar refractivity (Wildman–Crippen MR) is 95.2 cm³/mol. The first-order valence-electron chi connectivity index (χ1n) is 9.67. The molecule has 0 aliphatic carbocycles. The number of carbonyl (C=O) groups is 1. The molecule has 154 valence electrons. The Morgan fingerprint density at radius 2 is 1.96 bits per heavy atom. The summed E-state index contributed by atoms with van der Waals surface area (Å²) in [6, 6.07) is 5.33. The third-order valence-electron chi connectivity index (χ3n) is 6.09. The Morgan fingerprint density at radius 3 is 2.61 bits per heavy atom. The third-order valence-corrected chi connectivity index (χ3v) is 6.09. The highest BCUT2D eigenvalue weighted by molar-refractivity contribution is 5.80. The lowest BCUT2D eigenvalue weighted by Gasteiger charge is -2.52. The number of morpholine rings is 1. The summed E-state index contributed by atoms with van der Waals surface area (Å²) in [5.74, 6) is 0.274. The summed E-state index contributed by atoms with van der Waals surface area (Å²) in [6.45, 7) is 6.55. The highest BCUT2D eigenvalue weighted by Gasteiger charge is 2.60. The largest absolute Gasteiger partial charge is 0.416 e. The van der Waals surface area contributed by atoms with Gasteiger partial charge in [0.05, 0.1) is 18.2 Å². The summed E-state index contributed by atoms with van der Waals surface area (Å²) in [5.41, 5.74) is -0.529. The van der Waals surface area contributed by atoms with E-state index >= 15 is 0 Å². The van der Waals surface area contributed by atoms with Crippen molar-refractivity contribution in [3.05, 3.63) is 35.4 Å². The Kier molecular flexibility index (Phi) is 4.92. The molecule has 3 fully saturated rings. The number of carbonyl (C=O) groups excluding carboxylic acids is 1. The molecule has 3 saturated heterocycles. The molecule has 8 heteroatoms. The van der Waals surface area contributed by atoms with Crippen LogP contribution in [0, 0.1) is 5.92 Å². The van der Waals surface area contributed by atoms with Gasteiger partial charge in [0.2, 0.25) is 0 Å². The van der Waals surface area contributed by atoms with E-state index in [2.05, 4.69) is 18.7 Å². The molecule has 3 aliphatic rings. The van der Waals surface area contributed by atoms with Crippen molar-refractivity contribution in [1.82, 2.24) is 9.80 Å². The summed E-state index contributed by atoms with van der Waals surface area (Å²) in [7, 11) is 0. The van der Waals surface area contributed by atoms with E-state index in [4.69, 9.17) is 9.47 Å². The van der Waals surface area contributed by atoms with Crippen LogP contribution in [0.3, 0.4) is 0 Å². The molecule has 1 amide bonds. The second-order valence-corrected chi connectivity index (χ2v) is 8.21. The van der Waals surface area contributed by atoms with Crippen LogP contribution in [0.15, 0.2) is 24.3 Å². The maximum absolute atomic E-state index is 12.7. The average Bonchev–Trinajstić information content (AvgIpc) is 3.03. The summed E-state index contributed by atoms with van der Waals surface area (Å²) in [4.78, 5) is 16.6. The minimum Gasteiger partial charge on any atom is -0.362 e. The normalized spacial score (nSPS) is 31.2. The zero-order valence-corrected chi connectivity index (χ0v) is 16.0. The van der Waals surface area contributed by atoms with E-state index in [1.165, 1.54) is 12.1 Å². The Balaban J connectivity index is 1.46. The van der Waals surface area contributed by atoms with Crippen LogP contribution < -0.4 is 0 Å². The number of alkyl halides is 3. The van der Waals surface area contributed by atoms with Gasteiger partial charge in [-0.05, 0) is 23.6 Å². The maximum Gasteiger partial charge on any atom is 0.416 e. The molecule has 4 rings (SSSR count). The van der Waals surface area contributed by atoms with Crippen molar-refractivity contribution in [1.29, 1.82) is 0 Å². The van der Waals surface area contributed by atoms with E-state index in [9.17, 15) is 18.0 Å². The lowest BCUT2D eigenvalue weighted by atomic mass is 9.91. The SMILES string of the molecule is CC(C)[C@H]1CO[C@]23CCN(Cc4ccc(C(F)(F)F)cc4)C[C@H]2OCC(=O)N13. The number of amides is 1. The third kappa shape index (κ3) is 3.31. The molecule has 1 spiro atoms. The van der Waals surface area contributed by atoms with Gasteiger partial charge in [0, 0.05) is 26.1 Å². The van der Waals surface area contributed by atoms with Gasteiger partial charge in [-0.2, -0.15) is 13.2 Å². The quantitative estimate of drug-likeness (QED) is 0.785. The first-order chi connectivity index (χ1) is 13.2. The number of rotatable bonds is 3. The number of benzene rings is 1. The lowest BCUT2D eigenvalue weighted by Crippen LogP contribution is -2.69. The lowest BCUT2D eigenvalue weighted by molar-refractivity contribution is -0.236. The van der Waals surface area contributed by atoms with Crippen molar-refractivity contribution in [3.63, 3.8) is 0 Å². The van der Waals surface area contributed by atoms with Crippen LogP contribution in [0.1, 0.15) is 31.4 Å². The average molecular weight is 398 g/mol. The molecule has 1 aromatic rings. The second kappa shape index (κ2) is 7.00. The van der Waals surface area contributed by atoms with Crippen LogP contribution >= 0.6 is 0 Å². The number of hydrogen-bond acceptors (Lipinski definition) is 4. The van der Waals surface area contributed by atoms with E-state index in [1.807, 2.05) is 4.90 Å². The van der Waals surface area contributed by atoms with Crippen molar-refractivity contribution in [2.45, 2.75) is 50.9 Å². The van der Waals surface area contributed by atoms with E-state index < -0.39 is 17.5 Å². The molecule has 0 aromatic heterocycles. The zero-order valence-electron chi connectivity index (χ0n) is 16.0. The van der Waals surface area contributed by atoms with Gasteiger partial charge in [0.25, 0.3) is 5.91 Å². The number of piperidine rings is 1. The minimum atomic E-state index is -4.32. The fraction of sp³-hybridized carbons (Fsp3) is 0.650. The highest BCUT2D eigenvalue weighted by atomic mass is 19.4. The molecule has 0 bridgehead atoms. The van der Waals surface area contributed by atoms with Crippen molar-refractivity contribution < 1.29 is 27.4 Å². The Hall–Kier alpha value is -1.64.